The van der Waals surface area contributed by atoms with Crippen LogP contribution in [0.25, 0.3) is 65.5 Å². The van der Waals surface area contributed by atoms with Crippen molar-refractivity contribution < 1.29 is 0 Å². The molecule has 3 aromatic heterocycles. The molecule has 352 valence electrons. The van der Waals surface area contributed by atoms with Crippen molar-refractivity contribution in [2.24, 2.45) is 4.99 Å². The van der Waals surface area contributed by atoms with Crippen molar-refractivity contribution >= 4 is 99.8 Å². The average Bonchev–Trinajstić information content (AvgIpc) is 3.44. The predicted molar refractivity (Wildman–Crippen MR) is 307 cm³/mol. The summed E-state index contributed by atoms with van der Waals surface area (Å²) in [7, 11) is 0. The van der Waals surface area contributed by atoms with Crippen LogP contribution in [0.1, 0.15) is 67.5 Å². The van der Waals surface area contributed by atoms with Gasteiger partial charge in [0.1, 0.15) is 0 Å². The Hall–Kier alpha value is -9.00. The number of para-hydroxylation sites is 4. The Labute approximate surface area is 430 Å². The van der Waals surface area contributed by atoms with Gasteiger partial charge in [0, 0.05) is 67.6 Å². The van der Waals surface area contributed by atoms with Gasteiger partial charge in [0.25, 0.3) is 0 Å². The first-order valence-corrected chi connectivity index (χ1v) is 25.8. The van der Waals surface area contributed by atoms with Gasteiger partial charge in [-0.25, -0.2) is 4.98 Å². The van der Waals surface area contributed by atoms with E-state index in [1.54, 1.807) is 0 Å². The maximum absolute atomic E-state index is 5.75. The van der Waals surface area contributed by atoms with Crippen LogP contribution in [0.4, 0.5) is 39.8 Å². The lowest BCUT2D eigenvalue weighted by Gasteiger charge is -2.42. The Morgan fingerprint density at radius 3 is 1.42 bits per heavy atom. The largest absolute Gasteiger partial charge is 0.310 e. The highest BCUT2D eigenvalue weighted by molar-refractivity contribution is 6.28. The summed E-state index contributed by atoms with van der Waals surface area (Å²) in [6, 6.07) is 71.4. The van der Waals surface area contributed by atoms with Crippen LogP contribution >= 0.6 is 0 Å². The van der Waals surface area contributed by atoms with Gasteiger partial charge >= 0.3 is 0 Å². The molecular weight excluding hydrogens is 901 g/mol. The fourth-order valence-electron chi connectivity index (χ4n) is 12.9. The Kier molecular flexibility index (Phi) is 9.08. The maximum atomic E-state index is 5.75. The number of benzene rings is 9. The maximum Gasteiger partial charge on any atom is 0.0972 e. The molecule has 0 fully saturated rings. The molecule has 15 rings (SSSR count). The minimum absolute atomic E-state index is 0.195. The number of anilines is 6. The molecule has 0 unspecified atom stereocenters. The third-order valence-corrected chi connectivity index (χ3v) is 16.6. The summed E-state index contributed by atoms with van der Waals surface area (Å²) in [5, 5.41) is 7.68. The first kappa shape index (κ1) is 42.7. The Bertz CT molecular complexity index is 4310. The van der Waals surface area contributed by atoms with E-state index in [1.165, 1.54) is 50.6 Å². The monoisotopic (exact) mass is 950 g/mol. The lowest BCUT2D eigenvalue weighted by molar-refractivity contribution is 0.632. The molecule has 0 amide bonds. The predicted octanol–water partition coefficient (Wildman–Crippen LogP) is 17.6. The van der Waals surface area contributed by atoms with Gasteiger partial charge in [-0.2, -0.15) is 0 Å². The number of aliphatic imine (C=N–C) groups is 1. The zero-order chi connectivity index (χ0) is 49.5. The second-order valence-electron chi connectivity index (χ2n) is 21.3. The summed E-state index contributed by atoms with van der Waals surface area (Å²) < 4.78 is 0. The standard InChI is InChI=1S/C68H50N6/c1-67(2)51-17-5-9-21-57(51)73(58-22-10-6-18-52(58)67)45-31-33-47-49(39-45)61(55-35-29-43-27-25-41-15-13-37-69-63(41)65(43)71-55)48-34-32-46(74-59-23-11-7-19-53(59)68(3,4)54-20-8-12-24-60(54)74)40-50(48)62(47)56-36-30-44-28-26-42-16-14-38-70-64(42)66(44)72-56/h5-29,31-35,37-40H,30,36H2,1-4H3. The van der Waals surface area contributed by atoms with Gasteiger partial charge in [0.05, 0.1) is 50.7 Å². The molecule has 6 heteroatoms. The van der Waals surface area contributed by atoms with Gasteiger partial charge in [0.2, 0.25) is 0 Å². The normalized spacial score (nSPS) is 15.2. The minimum atomic E-state index is -0.196. The molecule has 6 heterocycles. The molecule has 6 nitrogen and oxygen atoms in total. The fraction of sp³-hybridized carbons (Fsp3) is 0.118. The zero-order valence-corrected chi connectivity index (χ0v) is 41.7. The van der Waals surface area contributed by atoms with E-state index in [-0.39, 0.29) is 10.8 Å². The summed E-state index contributed by atoms with van der Waals surface area (Å²) in [4.78, 5) is 26.2. The first-order valence-electron chi connectivity index (χ1n) is 25.8. The molecule has 0 radical (unpaired) electrons. The summed E-state index contributed by atoms with van der Waals surface area (Å²) in [5.74, 6) is 0. The van der Waals surface area contributed by atoms with Crippen molar-refractivity contribution in [1.29, 1.82) is 0 Å². The van der Waals surface area contributed by atoms with Gasteiger partial charge in [-0.1, -0.05) is 155 Å². The van der Waals surface area contributed by atoms with Crippen LogP contribution in [0, 0.1) is 0 Å². The molecule has 0 spiro atoms. The van der Waals surface area contributed by atoms with E-state index in [9.17, 15) is 0 Å². The van der Waals surface area contributed by atoms with Crippen molar-refractivity contribution in [3.63, 3.8) is 0 Å². The SMILES string of the molecule is CC1(C)c2ccccc2N(c2ccc3c(-c4ccc5ccc6cccnc6c5n4)c4cc(N5c6ccccc6C(C)(C)c6ccccc65)ccc4c(C4=Nc5c(ccc6cccnc56)CC4)c3c2)c2ccccc21. The van der Waals surface area contributed by atoms with Gasteiger partial charge in [-0.05, 0) is 129 Å². The van der Waals surface area contributed by atoms with Crippen molar-refractivity contribution in [2.45, 2.75) is 51.4 Å². The highest BCUT2D eigenvalue weighted by Crippen LogP contribution is 2.55. The van der Waals surface area contributed by atoms with Gasteiger partial charge in [-0.3, -0.25) is 15.0 Å². The van der Waals surface area contributed by atoms with Gasteiger partial charge in [0.15, 0.2) is 0 Å². The third kappa shape index (κ3) is 6.12. The highest BCUT2D eigenvalue weighted by Gasteiger charge is 2.39. The topological polar surface area (TPSA) is 57.5 Å². The van der Waals surface area contributed by atoms with E-state index in [0.29, 0.717) is 0 Å². The van der Waals surface area contributed by atoms with Crippen LogP contribution in [-0.4, -0.2) is 20.7 Å². The highest BCUT2D eigenvalue weighted by atomic mass is 15.2. The number of aryl methyl sites for hydroxylation is 1. The smallest absolute Gasteiger partial charge is 0.0972 e. The van der Waals surface area contributed by atoms with E-state index >= 15 is 0 Å². The van der Waals surface area contributed by atoms with Crippen molar-refractivity contribution in [3.05, 3.63) is 240 Å². The van der Waals surface area contributed by atoms with E-state index < -0.39 is 0 Å². The summed E-state index contributed by atoms with van der Waals surface area (Å²) >= 11 is 0. The summed E-state index contributed by atoms with van der Waals surface area (Å²) in [6.45, 7) is 9.39. The minimum Gasteiger partial charge on any atom is -0.310 e. The van der Waals surface area contributed by atoms with Crippen LogP contribution in [0.2, 0.25) is 0 Å². The van der Waals surface area contributed by atoms with E-state index in [4.69, 9.17) is 19.9 Å². The van der Waals surface area contributed by atoms with Gasteiger partial charge < -0.3 is 9.80 Å². The lowest BCUT2D eigenvalue weighted by Crippen LogP contribution is -2.30. The molecular formula is C68H50N6. The Morgan fingerprint density at radius 2 is 0.851 bits per heavy atom. The molecule has 0 atom stereocenters. The van der Waals surface area contributed by atoms with Crippen molar-refractivity contribution in [3.8, 4) is 11.3 Å². The number of fused-ring (bicyclic) bond motifs is 12. The average molecular weight is 951 g/mol. The Morgan fingerprint density at radius 1 is 0.392 bits per heavy atom. The number of hydrogen-bond acceptors (Lipinski definition) is 6. The van der Waals surface area contributed by atoms with E-state index in [1.807, 2.05) is 24.5 Å². The molecule has 3 aliphatic rings. The molecule has 0 bridgehead atoms. The van der Waals surface area contributed by atoms with Crippen LogP contribution in [0.5, 0.6) is 0 Å². The molecule has 12 aromatic rings. The number of pyridine rings is 3. The molecule has 0 N–H and O–H groups in total. The molecule has 3 aliphatic heterocycles. The first-order chi connectivity index (χ1) is 36.2. The molecule has 0 saturated heterocycles. The second kappa shape index (κ2) is 15.7. The quantitative estimate of drug-likeness (QED) is 0.130. The third-order valence-electron chi connectivity index (χ3n) is 16.6. The van der Waals surface area contributed by atoms with Crippen LogP contribution < -0.4 is 9.80 Å². The van der Waals surface area contributed by atoms with Crippen molar-refractivity contribution in [2.75, 3.05) is 9.80 Å². The van der Waals surface area contributed by atoms with Gasteiger partial charge in [-0.15, -0.1) is 0 Å². The molecule has 0 saturated carbocycles. The molecule has 9 aromatic carbocycles. The van der Waals surface area contributed by atoms with Crippen molar-refractivity contribution in [1.82, 2.24) is 15.0 Å². The van der Waals surface area contributed by atoms with Crippen LogP contribution in [0.15, 0.2) is 212 Å². The van der Waals surface area contributed by atoms with Crippen LogP contribution in [0.3, 0.4) is 0 Å². The summed E-state index contributed by atoms with van der Waals surface area (Å²) in [6.07, 6.45) is 5.40. The fourth-order valence-corrected chi connectivity index (χ4v) is 12.9. The van der Waals surface area contributed by atoms with E-state index in [0.717, 1.165) is 107 Å². The zero-order valence-electron chi connectivity index (χ0n) is 41.7. The number of nitrogens with zero attached hydrogens (tertiary/aromatic N) is 6. The van der Waals surface area contributed by atoms with Crippen LogP contribution in [-0.2, 0) is 17.3 Å². The summed E-state index contributed by atoms with van der Waals surface area (Å²) in [5.41, 5.74) is 20.8. The second-order valence-corrected chi connectivity index (χ2v) is 21.3. The number of hydrogen-bond donors (Lipinski definition) is 0. The Balaban J connectivity index is 1.08. The molecule has 74 heavy (non-hydrogen) atoms. The number of aromatic nitrogens is 3. The number of rotatable bonds is 4. The molecule has 0 aliphatic carbocycles. The lowest BCUT2D eigenvalue weighted by atomic mass is 9.73. The van der Waals surface area contributed by atoms with E-state index in [2.05, 4.69) is 219 Å².